The zero-order chi connectivity index (χ0) is 12.6. The summed E-state index contributed by atoms with van der Waals surface area (Å²) in [6.45, 7) is 0. The zero-order valence-corrected chi connectivity index (χ0v) is 9.13. The van der Waals surface area contributed by atoms with Gasteiger partial charge in [-0.15, -0.1) is 0 Å². The van der Waals surface area contributed by atoms with E-state index in [1.165, 1.54) is 23.0 Å². The molecule has 2 N–H and O–H groups in total. The second-order valence-electron chi connectivity index (χ2n) is 3.33. The van der Waals surface area contributed by atoms with Crippen LogP contribution in [-0.4, -0.2) is 9.78 Å². The predicted molar refractivity (Wildman–Crippen MR) is 58.0 cm³/mol. The molecule has 1 heterocycles. The fourth-order valence-electron chi connectivity index (χ4n) is 1.37. The molecule has 2 rings (SSSR count). The van der Waals surface area contributed by atoms with Crippen LogP contribution in [0.5, 0.6) is 0 Å². The van der Waals surface area contributed by atoms with Crippen molar-refractivity contribution in [2.24, 2.45) is 0 Å². The van der Waals surface area contributed by atoms with Gasteiger partial charge in [-0.1, -0.05) is 11.6 Å². The Kier molecular flexibility index (Phi) is 2.74. The smallest absolute Gasteiger partial charge is 0.384 e. The van der Waals surface area contributed by atoms with Crippen LogP contribution < -0.4 is 5.73 Å². The largest absolute Gasteiger partial charge is 0.416 e. The monoisotopic (exact) mass is 261 g/mol. The van der Waals surface area contributed by atoms with E-state index in [2.05, 4.69) is 5.10 Å². The number of anilines is 1. The van der Waals surface area contributed by atoms with Gasteiger partial charge >= 0.3 is 6.18 Å². The normalized spacial score (nSPS) is 11.8. The highest BCUT2D eigenvalue weighted by Crippen LogP contribution is 2.33. The molecule has 0 saturated carbocycles. The Morgan fingerprint density at radius 2 is 1.94 bits per heavy atom. The standard InChI is InChI=1S/C10H7ClF3N3/c11-7-5-6(10(12,13)14)1-2-8(7)17-9(15)3-4-16-17/h1-5H,15H2. The van der Waals surface area contributed by atoms with Gasteiger partial charge in [0.25, 0.3) is 0 Å². The third-order valence-corrected chi connectivity index (χ3v) is 2.48. The van der Waals surface area contributed by atoms with Gasteiger partial charge in [-0.25, -0.2) is 4.68 Å². The quantitative estimate of drug-likeness (QED) is 0.857. The highest BCUT2D eigenvalue weighted by atomic mass is 35.5. The van der Waals surface area contributed by atoms with E-state index in [4.69, 9.17) is 17.3 Å². The molecule has 0 saturated heterocycles. The first-order chi connectivity index (χ1) is 7.89. The van der Waals surface area contributed by atoms with Crippen LogP contribution in [0.15, 0.2) is 30.5 Å². The molecule has 90 valence electrons. The maximum atomic E-state index is 12.4. The molecule has 0 unspecified atom stereocenters. The van der Waals surface area contributed by atoms with E-state index < -0.39 is 11.7 Å². The molecule has 3 nitrogen and oxygen atoms in total. The molecule has 0 aliphatic carbocycles. The van der Waals surface area contributed by atoms with Crippen LogP contribution in [0.25, 0.3) is 5.69 Å². The maximum absolute atomic E-state index is 12.4. The van der Waals surface area contributed by atoms with Crippen molar-refractivity contribution in [2.45, 2.75) is 6.18 Å². The number of alkyl halides is 3. The predicted octanol–water partition coefficient (Wildman–Crippen LogP) is 3.13. The van der Waals surface area contributed by atoms with Gasteiger partial charge in [0.05, 0.1) is 22.5 Å². The third kappa shape index (κ3) is 2.21. The maximum Gasteiger partial charge on any atom is 0.416 e. The van der Waals surface area contributed by atoms with Crippen LogP contribution in [0.4, 0.5) is 19.0 Å². The van der Waals surface area contributed by atoms with Crippen LogP contribution in [0.1, 0.15) is 5.56 Å². The number of rotatable bonds is 1. The topological polar surface area (TPSA) is 43.8 Å². The summed E-state index contributed by atoms with van der Waals surface area (Å²) in [5.74, 6) is 0.298. The fourth-order valence-corrected chi connectivity index (χ4v) is 1.63. The van der Waals surface area contributed by atoms with Gasteiger partial charge in [0.1, 0.15) is 5.82 Å². The Balaban J connectivity index is 2.50. The molecule has 1 aromatic heterocycles. The number of hydrogen-bond acceptors (Lipinski definition) is 2. The third-order valence-electron chi connectivity index (χ3n) is 2.18. The Labute approximate surface area is 99.6 Å². The molecule has 0 spiro atoms. The molecule has 17 heavy (non-hydrogen) atoms. The van der Waals surface area contributed by atoms with Crippen LogP contribution in [0.3, 0.4) is 0 Å². The lowest BCUT2D eigenvalue weighted by atomic mass is 10.2. The fraction of sp³-hybridized carbons (Fsp3) is 0.100. The number of nitrogen functional groups attached to an aromatic ring is 1. The first-order valence-corrected chi connectivity index (χ1v) is 4.94. The van der Waals surface area contributed by atoms with Gasteiger partial charge in [0.15, 0.2) is 0 Å². The zero-order valence-electron chi connectivity index (χ0n) is 8.37. The molecule has 1 aromatic carbocycles. The molecule has 7 heteroatoms. The highest BCUT2D eigenvalue weighted by molar-refractivity contribution is 6.32. The SMILES string of the molecule is Nc1ccnn1-c1ccc(C(F)(F)F)cc1Cl. The van der Waals surface area contributed by atoms with Crippen LogP contribution in [0, 0.1) is 0 Å². The van der Waals surface area contributed by atoms with Crippen molar-refractivity contribution in [3.63, 3.8) is 0 Å². The summed E-state index contributed by atoms with van der Waals surface area (Å²) in [7, 11) is 0. The summed E-state index contributed by atoms with van der Waals surface area (Å²) in [5, 5.41) is 3.80. The van der Waals surface area contributed by atoms with Crippen LogP contribution in [0.2, 0.25) is 5.02 Å². The number of benzene rings is 1. The molecule has 0 fully saturated rings. The van der Waals surface area contributed by atoms with E-state index in [0.29, 0.717) is 11.5 Å². The minimum Gasteiger partial charge on any atom is -0.384 e. The summed E-state index contributed by atoms with van der Waals surface area (Å²) >= 11 is 5.78. The van der Waals surface area contributed by atoms with Crippen molar-refractivity contribution >= 4 is 17.4 Å². The molecule has 0 aliphatic heterocycles. The summed E-state index contributed by atoms with van der Waals surface area (Å²) in [5.41, 5.74) is 5.08. The number of hydrogen-bond donors (Lipinski definition) is 1. The van der Waals surface area contributed by atoms with Gasteiger partial charge in [-0.2, -0.15) is 18.3 Å². The lowest BCUT2D eigenvalue weighted by molar-refractivity contribution is -0.137. The molecular formula is C10H7ClF3N3. The van der Waals surface area contributed by atoms with Gasteiger partial charge in [0.2, 0.25) is 0 Å². The van der Waals surface area contributed by atoms with E-state index >= 15 is 0 Å². The Hall–Kier alpha value is -1.69. The average Bonchev–Trinajstić information content (AvgIpc) is 2.63. The van der Waals surface area contributed by atoms with Crippen molar-refractivity contribution in [3.05, 3.63) is 41.0 Å². The summed E-state index contributed by atoms with van der Waals surface area (Å²) in [4.78, 5) is 0. The molecule has 0 atom stereocenters. The number of nitrogens with two attached hydrogens (primary N) is 1. The first kappa shape index (κ1) is 11.8. The van der Waals surface area contributed by atoms with Crippen molar-refractivity contribution in [2.75, 3.05) is 5.73 Å². The van der Waals surface area contributed by atoms with Crippen molar-refractivity contribution in [1.29, 1.82) is 0 Å². The van der Waals surface area contributed by atoms with Crippen molar-refractivity contribution in [3.8, 4) is 5.69 Å². The van der Waals surface area contributed by atoms with Gasteiger partial charge in [-0.3, -0.25) is 0 Å². The second-order valence-corrected chi connectivity index (χ2v) is 3.74. The lowest BCUT2D eigenvalue weighted by Crippen LogP contribution is -2.07. The Bertz CT molecular complexity index is 548. The van der Waals surface area contributed by atoms with Gasteiger partial charge in [-0.05, 0) is 18.2 Å². The summed E-state index contributed by atoms with van der Waals surface area (Å²) in [6, 6.07) is 4.53. The Morgan fingerprint density at radius 3 is 2.41 bits per heavy atom. The summed E-state index contributed by atoms with van der Waals surface area (Å²) < 4.78 is 38.5. The average molecular weight is 262 g/mol. The molecule has 2 aromatic rings. The van der Waals surface area contributed by atoms with E-state index in [-0.39, 0.29) is 5.02 Å². The van der Waals surface area contributed by atoms with Crippen molar-refractivity contribution in [1.82, 2.24) is 9.78 Å². The molecule has 0 bridgehead atoms. The molecular weight excluding hydrogens is 255 g/mol. The van der Waals surface area contributed by atoms with E-state index in [1.807, 2.05) is 0 Å². The first-order valence-electron chi connectivity index (χ1n) is 4.56. The number of nitrogens with zero attached hydrogens (tertiary/aromatic N) is 2. The summed E-state index contributed by atoms with van der Waals surface area (Å²) in [6.07, 6.45) is -2.98. The minimum atomic E-state index is -4.42. The van der Waals surface area contributed by atoms with E-state index in [9.17, 15) is 13.2 Å². The van der Waals surface area contributed by atoms with Crippen LogP contribution in [-0.2, 0) is 6.18 Å². The number of halogens is 4. The highest BCUT2D eigenvalue weighted by Gasteiger charge is 2.31. The lowest BCUT2D eigenvalue weighted by Gasteiger charge is -2.10. The Morgan fingerprint density at radius 1 is 1.24 bits per heavy atom. The van der Waals surface area contributed by atoms with E-state index in [0.717, 1.165) is 12.1 Å². The van der Waals surface area contributed by atoms with Gasteiger partial charge in [0, 0.05) is 6.07 Å². The molecule has 0 aliphatic rings. The number of aromatic nitrogens is 2. The van der Waals surface area contributed by atoms with Crippen molar-refractivity contribution < 1.29 is 13.2 Å². The second kappa shape index (κ2) is 3.96. The molecule has 0 radical (unpaired) electrons. The minimum absolute atomic E-state index is 0.0600. The van der Waals surface area contributed by atoms with E-state index in [1.54, 1.807) is 0 Å². The van der Waals surface area contributed by atoms with Crippen LogP contribution >= 0.6 is 11.6 Å². The molecule has 0 amide bonds. The van der Waals surface area contributed by atoms with Gasteiger partial charge < -0.3 is 5.73 Å².